The summed E-state index contributed by atoms with van der Waals surface area (Å²) in [5.41, 5.74) is 0. The Morgan fingerprint density at radius 3 is 2.61 bits per heavy atom. The lowest BCUT2D eigenvalue weighted by Gasteiger charge is -2.39. The number of hydrogen-bond donors (Lipinski definition) is 1. The van der Waals surface area contributed by atoms with Crippen LogP contribution in [-0.4, -0.2) is 37.1 Å². The van der Waals surface area contributed by atoms with Crippen LogP contribution in [0.2, 0.25) is 0 Å². The van der Waals surface area contributed by atoms with E-state index in [1.54, 1.807) is 0 Å². The lowest BCUT2D eigenvalue weighted by Crippen LogP contribution is -2.47. The highest BCUT2D eigenvalue weighted by Gasteiger charge is 2.27. The second-order valence-corrected chi connectivity index (χ2v) is 6.25. The fourth-order valence-corrected chi connectivity index (χ4v) is 3.18. The molecule has 1 aliphatic rings. The van der Waals surface area contributed by atoms with Crippen LogP contribution in [0.5, 0.6) is 0 Å². The van der Waals surface area contributed by atoms with Gasteiger partial charge in [-0.1, -0.05) is 39.5 Å². The molecule has 0 aliphatic heterocycles. The van der Waals surface area contributed by atoms with Crippen LogP contribution >= 0.6 is 0 Å². The zero-order valence-electron chi connectivity index (χ0n) is 13.0. The van der Waals surface area contributed by atoms with Gasteiger partial charge in [0.25, 0.3) is 0 Å². The lowest BCUT2D eigenvalue weighted by molar-refractivity contribution is 0.103. The van der Waals surface area contributed by atoms with Gasteiger partial charge in [0.15, 0.2) is 0 Å². The maximum Gasteiger partial charge on any atom is 0.0192 e. The Morgan fingerprint density at radius 1 is 1.22 bits per heavy atom. The third-order valence-electron chi connectivity index (χ3n) is 4.68. The Labute approximate surface area is 115 Å². The molecule has 0 aromatic heterocycles. The van der Waals surface area contributed by atoms with Gasteiger partial charge < -0.3 is 5.32 Å². The molecule has 0 spiro atoms. The van der Waals surface area contributed by atoms with Crippen molar-refractivity contribution in [2.24, 2.45) is 5.92 Å². The summed E-state index contributed by atoms with van der Waals surface area (Å²) < 4.78 is 0. The molecule has 108 valence electrons. The first kappa shape index (κ1) is 16.0. The van der Waals surface area contributed by atoms with E-state index in [0.717, 1.165) is 18.5 Å². The van der Waals surface area contributed by atoms with Crippen molar-refractivity contribution in [2.75, 3.05) is 20.1 Å². The third kappa shape index (κ3) is 5.27. The van der Waals surface area contributed by atoms with Crippen molar-refractivity contribution in [1.29, 1.82) is 0 Å². The van der Waals surface area contributed by atoms with E-state index in [1.165, 1.54) is 51.5 Å². The van der Waals surface area contributed by atoms with Crippen molar-refractivity contribution in [3.8, 4) is 0 Å². The highest BCUT2D eigenvalue weighted by molar-refractivity contribution is 4.82. The average molecular weight is 254 g/mol. The van der Waals surface area contributed by atoms with Gasteiger partial charge in [0.1, 0.15) is 0 Å². The largest absolute Gasteiger partial charge is 0.315 e. The maximum absolute atomic E-state index is 3.61. The van der Waals surface area contributed by atoms with Crippen molar-refractivity contribution in [1.82, 2.24) is 10.2 Å². The van der Waals surface area contributed by atoms with Crippen LogP contribution in [0, 0.1) is 5.92 Å². The van der Waals surface area contributed by atoms with E-state index in [0.29, 0.717) is 6.04 Å². The molecule has 1 saturated carbocycles. The second kappa shape index (κ2) is 8.92. The summed E-state index contributed by atoms with van der Waals surface area (Å²) in [6.45, 7) is 9.40. The van der Waals surface area contributed by atoms with Gasteiger partial charge >= 0.3 is 0 Å². The zero-order valence-corrected chi connectivity index (χ0v) is 13.0. The number of unbranched alkanes of at least 4 members (excludes halogenated alkanes) is 2. The number of likely N-dealkylation sites (N-methyl/N-ethyl adjacent to an activating group) is 1. The Hall–Kier alpha value is -0.0800. The van der Waals surface area contributed by atoms with Crippen molar-refractivity contribution < 1.29 is 0 Å². The molecule has 2 heteroatoms. The van der Waals surface area contributed by atoms with Gasteiger partial charge in [-0.3, -0.25) is 4.90 Å². The molecule has 3 atom stereocenters. The maximum atomic E-state index is 3.61. The Kier molecular flexibility index (Phi) is 7.92. The molecule has 1 N–H and O–H groups in total. The van der Waals surface area contributed by atoms with Gasteiger partial charge in [-0.15, -0.1) is 0 Å². The molecule has 3 unspecified atom stereocenters. The van der Waals surface area contributed by atoms with Crippen LogP contribution in [0.3, 0.4) is 0 Å². The molecule has 0 saturated heterocycles. The monoisotopic (exact) mass is 254 g/mol. The summed E-state index contributed by atoms with van der Waals surface area (Å²) in [6, 6.07) is 1.48. The minimum atomic E-state index is 0.664. The van der Waals surface area contributed by atoms with Gasteiger partial charge in [0.2, 0.25) is 0 Å². The van der Waals surface area contributed by atoms with Crippen molar-refractivity contribution in [2.45, 2.75) is 77.8 Å². The number of nitrogens with one attached hydrogen (secondary N) is 1. The molecule has 0 aromatic carbocycles. The summed E-state index contributed by atoms with van der Waals surface area (Å²) in [5.74, 6) is 0.881. The zero-order chi connectivity index (χ0) is 13.4. The molecule has 0 amide bonds. The predicted octanol–water partition coefficient (Wildman–Crippen LogP) is 3.67. The van der Waals surface area contributed by atoms with E-state index in [-0.39, 0.29) is 0 Å². The first-order valence-electron chi connectivity index (χ1n) is 8.09. The number of hydrogen-bond acceptors (Lipinski definition) is 2. The molecule has 1 aliphatic carbocycles. The lowest BCUT2D eigenvalue weighted by atomic mass is 9.84. The molecule has 1 rings (SSSR count). The van der Waals surface area contributed by atoms with E-state index in [1.807, 2.05) is 0 Å². The van der Waals surface area contributed by atoms with E-state index in [4.69, 9.17) is 0 Å². The van der Waals surface area contributed by atoms with Crippen molar-refractivity contribution in [3.63, 3.8) is 0 Å². The van der Waals surface area contributed by atoms with E-state index in [9.17, 15) is 0 Å². The average Bonchev–Trinajstić information content (AvgIpc) is 2.38. The Bertz CT molecular complexity index is 205. The standard InChI is InChI=1S/C16H34N2/c1-5-6-9-12-17-13-15(3)18(4)16-11-8-7-10-14(16)2/h14-17H,5-13H2,1-4H3. The van der Waals surface area contributed by atoms with E-state index in [2.05, 4.69) is 38.0 Å². The molecule has 0 aromatic rings. The minimum Gasteiger partial charge on any atom is -0.315 e. The first-order chi connectivity index (χ1) is 8.66. The van der Waals surface area contributed by atoms with Crippen molar-refractivity contribution in [3.05, 3.63) is 0 Å². The van der Waals surface area contributed by atoms with Crippen LogP contribution in [0.25, 0.3) is 0 Å². The quantitative estimate of drug-likeness (QED) is 0.665. The second-order valence-electron chi connectivity index (χ2n) is 6.25. The molecular weight excluding hydrogens is 220 g/mol. The summed E-state index contributed by atoms with van der Waals surface area (Å²) in [4.78, 5) is 2.62. The van der Waals surface area contributed by atoms with Gasteiger partial charge in [0.05, 0.1) is 0 Å². The topological polar surface area (TPSA) is 15.3 Å². The molecular formula is C16H34N2. The van der Waals surface area contributed by atoms with Crippen LogP contribution in [0.1, 0.15) is 65.7 Å². The molecule has 2 nitrogen and oxygen atoms in total. The molecule has 18 heavy (non-hydrogen) atoms. The SMILES string of the molecule is CCCCCNCC(C)N(C)C1CCCCC1C. The van der Waals surface area contributed by atoms with Gasteiger partial charge in [-0.05, 0) is 45.7 Å². The van der Waals surface area contributed by atoms with Crippen LogP contribution in [0.15, 0.2) is 0 Å². The van der Waals surface area contributed by atoms with Crippen molar-refractivity contribution >= 4 is 0 Å². The van der Waals surface area contributed by atoms with Gasteiger partial charge in [0, 0.05) is 18.6 Å². The molecule has 0 heterocycles. The number of rotatable bonds is 8. The van der Waals surface area contributed by atoms with Crippen LogP contribution in [-0.2, 0) is 0 Å². The van der Waals surface area contributed by atoms with E-state index >= 15 is 0 Å². The highest BCUT2D eigenvalue weighted by Crippen LogP contribution is 2.28. The minimum absolute atomic E-state index is 0.664. The summed E-state index contributed by atoms with van der Waals surface area (Å²) in [5, 5.41) is 3.61. The molecule has 0 radical (unpaired) electrons. The predicted molar refractivity (Wildman–Crippen MR) is 81.0 cm³/mol. The van der Waals surface area contributed by atoms with Gasteiger partial charge in [-0.2, -0.15) is 0 Å². The van der Waals surface area contributed by atoms with Crippen LogP contribution in [0.4, 0.5) is 0 Å². The van der Waals surface area contributed by atoms with Crippen LogP contribution < -0.4 is 5.32 Å². The Balaban J connectivity index is 2.20. The first-order valence-corrected chi connectivity index (χ1v) is 8.09. The summed E-state index contributed by atoms with van der Waals surface area (Å²) >= 11 is 0. The third-order valence-corrected chi connectivity index (χ3v) is 4.68. The van der Waals surface area contributed by atoms with Gasteiger partial charge in [-0.25, -0.2) is 0 Å². The smallest absolute Gasteiger partial charge is 0.0192 e. The normalized spacial score (nSPS) is 26.5. The highest BCUT2D eigenvalue weighted by atomic mass is 15.2. The number of nitrogens with zero attached hydrogens (tertiary/aromatic N) is 1. The van der Waals surface area contributed by atoms with E-state index < -0.39 is 0 Å². The summed E-state index contributed by atoms with van der Waals surface area (Å²) in [7, 11) is 2.32. The fourth-order valence-electron chi connectivity index (χ4n) is 3.18. The summed E-state index contributed by atoms with van der Waals surface area (Å²) in [6.07, 6.45) is 9.69. The fraction of sp³-hybridized carbons (Fsp3) is 1.00. The Morgan fingerprint density at radius 2 is 1.94 bits per heavy atom. The molecule has 1 fully saturated rings. The molecule has 0 bridgehead atoms.